The predicted molar refractivity (Wildman–Crippen MR) is 69.2 cm³/mol. The fourth-order valence-electron chi connectivity index (χ4n) is 1.95. The van der Waals surface area contributed by atoms with Crippen LogP contribution in [0.4, 0.5) is 0 Å². The molecule has 80 valence electrons. The molecule has 2 rings (SSSR count). The van der Waals surface area contributed by atoms with Crippen LogP contribution in [-0.4, -0.2) is 6.54 Å². The Morgan fingerprint density at radius 1 is 1.19 bits per heavy atom. The molecule has 0 heterocycles. The summed E-state index contributed by atoms with van der Waals surface area (Å²) in [6.07, 6.45) is 5.26. The van der Waals surface area contributed by atoms with E-state index < -0.39 is 0 Å². The van der Waals surface area contributed by atoms with E-state index in [0.717, 1.165) is 0 Å². The third kappa shape index (κ3) is 2.08. The van der Waals surface area contributed by atoms with Crippen LogP contribution in [0.2, 0.25) is 0 Å². The van der Waals surface area contributed by atoms with Crippen molar-refractivity contribution in [3.63, 3.8) is 0 Å². The Kier molecular flexibility index (Phi) is 3.24. The molecule has 0 aromatic heterocycles. The first-order chi connectivity index (χ1) is 7.83. The van der Waals surface area contributed by atoms with Crippen LogP contribution in [0.15, 0.2) is 42.5 Å². The summed E-state index contributed by atoms with van der Waals surface area (Å²) >= 11 is 0. The van der Waals surface area contributed by atoms with Crippen LogP contribution >= 0.6 is 0 Å². The Morgan fingerprint density at radius 2 is 1.94 bits per heavy atom. The molecule has 0 spiro atoms. The van der Waals surface area contributed by atoms with Gasteiger partial charge in [-0.15, -0.1) is 6.42 Å². The molecule has 0 saturated carbocycles. The number of hydrogen-bond acceptors (Lipinski definition) is 1. The Bertz CT molecular complexity index is 517. The second kappa shape index (κ2) is 4.83. The molecule has 1 atom stereocenters. The summed E-state index contributed by atoms with van der Waals surface area (Å²) in [5, 5.41) is 5.87. The zero-order chi connectivity index (χ0) is 11.4. The molecule has 0 bridgehead atoms. The molecule has 0 aliphatic heterocycles. The lowest BCUT2D eigenvalue weighted by atomic mass is 10.00. The van der Waals surface area contributed by atoms with Gasteiger partial charge in [-0.05, 0) is 23.3 Å². The van der Waals surface area contributed by atoms with E-state index in [0.29, 0.717) is 6.54 Å². The number of nitrogens with one attached hydrogen (secondary N) is 1. The number of benzene rings is 2. The first-order valence-electron chi connectivity index (χ1n) is 5.47. The number of rotatable bonds is 3. The summed E-state index contributed by atoms with van der Waals surface area (Å²) in [6, 6.07) is 15.1. The maximum atomic E-state index is 5.26. The molecule has 0 saturated heterocycles. The van der Waals surface area contributed by atoms with Crippen molar-refractivity contribution in [1.29, 1.82) is 0 Å². The summed E-state index contributed by atoms with van der Waals surface area (Å²) < 4.78 is 0. The molecule has 0 aliphatic carbocycles. The lowest BCUT2D eigenvalue weighted by molar-refractivity contribution is 0.627. The van der Waals surface area contributed by atoms with Crippen LogP contribution in [0.1, 0.15) is 18.5 Å². The molecular formula is C15H15N. The van der Waals surface area contributed by atoms with Gasteiger partial charge in [0.25, 0.3) is 0 Å². The van der Waals surface area contributed by atoms with Gasteiger partial charge in [-0.2, -0.15) is 0 Å². The maximum absolute atomic E-state index is 5.26. The van der Waals surface area contributed by atoms with E-state index in [4.69, 9.17) is 6.42 Å². The van der Waals surface area contributed by atoms with Gasteiger partial charge in [-0.25, -0.2) is 0 Å². The van der Waals surface area contributed by atoms with E-state index in [1.807, 2.05) is 0 Å². The fraction of sp³-hybridized carbons (Fsp3) is 0.200. The number of terminal acetylenes is 1. The Hall–Kier alpha value is -1.78. The zero-order valence-corrected chi connectivity index (χ0v) is 9.40. The van der Waals surface area contributed by atoms with Crippen LogP contribution in [0.25, 0.3) is 10.8 Å². The highest BCUT2D eigenvalue weighted by molar-refractivity contribution is 5.86. The SMILES string of the molecule is C#CCNC(C)c1cccc2ccccc12. The zero-order valence-electron chi connectivity index (χ0n) is 9.40. The van der Waals surface area contributed by atoms with Crippen molar-refractivity contribution in [2.24, 2.45) is 0 Å². The summed E-state index contributed by atoms with van der Waals surface area (Å²) in [5.41, 5.74) is 1.30. The first kappa shape index (κ1) is 10.7. The van der Waals surface area contributed by atoms with Crippen LogP contribution in [0.3, 0.4) is 0 Å². The minimum Gasteiger partial charge on any atom is -0.300 e. The van der Waals surface area contributed by atoms with Gasteiger partial charge >= 0.3 is 0 Å². The van der Waals surface area contributed by atoms with E-state index in [-0.39, 0.29) is 6.04 Å². The van der Waals surface area contributed by atoms with Gasteiger partial charge < -0.3 is 0 Å². The molecule has 16 heavy (non-hydrogen) atoms. The van der Waals surface area contributed by atoms with Gasteiger partial charge in [-0.1, -0.05) is 48.4 Å². The average Bonchev–Trinajstić information content (AvgIpc) is 2.35. The smallest absolute Gasteiger partial charge is 0.0578 e. The number of hydrogen-bond donors (Lipinski definition) is 1. The predicted octanol–water partition coefficient (Wildman–Crippen LogP) is 3.12. The van der Waals surface area contributed by atoms with Gasteiger partial charge in [0.2, 0.25) is 0 Å². The normalized spacial score (nSPS) is 12.2. The highest BCUT2D eigenvalue weighted by atomic mass is 14.9. The van der Waals surface area contributed by atoms with Crippen molar-refractivity contribution in [3.05, 3.63) is 48.0 Å². The van der Waals surface area contributed by atoms with E-state index in [1.54, 1.807) is 0 Å². The molecule has 1 nitrogen and oxygen atoms in total. The van der Waals surface area contributed by atoms with Crippen molar-refractivity contribution < 1.29 is 0 Å². The highest BCUT2D eigenvalue weighted by Crippen LogP contribution is 2.23. The van der Waals surface area contributed by atoms with E-state index >= 15 is 0 Å². The Morgan fingerprint density at radius 3 is 2.75 bits per heavy atom. The molecule has 2 aromatic carbocycles. The van der Waals surface area contributed by atoms with Crippen molar-refractivity contribution in [2.75, 3.05) is 6.54 Å². The molecular weight excluding hydrogens is 194 g/mol. The van der Waals surface area contributed by atoms with Crippen molar-refractivity contribution in [1.82, 2.24) is 5.32 Å². The molecule has 1 N–H and O–H groups in total. The van der Waals surface area contributed by atoms with E-state index in [9.17, 15) is 0 Å². The molecule has 0 amide bonds. The Balaban J connectivity index is 2.40. The third-order valence-electron chi connectivity index (χ3n) is 2.80. The topological polar surface area (TPSA) is 12.0 Å². The van der Waals surface area contributed by atoms with Crippen LogP contribution in [-0.2, 0) is 0 Å². The second-order valence-electron chi connectivity index (χ2n) is 3.88. The number of fused-ring (bicyclic) bond motifs is 1. The van der Waals surface area contributed by atoms with Crippen molar-refractivity contribution >= 4 is 10.8 Å². The first-order valence-corrected chi connectivity index (χ1v) is 5.47. The molecule has 2 aromatic rings. The van der Waals surface area contributed by atoms with Crippen LogP contribution in [0, 0.1) is 12.3 Å². The van der Waals surface area contributed by atoms with Crippen LogP contribution < -0.4 is 5.32 Å². The summed E-state index contributed by atoms with van der Waals surface area (Å²) in [5.74, 6) is 2.61. The fourth-order valence-corrected chi connectivity index (χ4v) is 1.95. The molecule has 1 unspecified atom stereocenters. The monoisotopic (exact) mass is 209 g/mol. The summed E-state index contributed by atoms with van der Waals surface area (Å²) in [4.78, 5) is 0. The minimum atomic E-state index is 0.280. The molecule has 0 fully saturated rings. The van der Waals surface area contributed by atoms with E-state index in [2.05, 4.69) is 60.6 Å². The maximum Gasteiger partial charge on any atom is 0.0578 e. The molecule has 0 radical (unpaired) electrons. The van der Waals surface area contributed by atoms with Gasteiger partial charge in [0.1, 0.15) is 0 Å². The van der Waals surface area contributed by atoms with Gasteiger partial charge in [-0.3, -0.25) is 5.32 Å². The lowest BCUT2D eigenvalue weighted by Crippen LogP contribution is -2.18. The van der Waals surface area contributed by atoms with Gasteiger partial charge in [0, 0.05) is 6.04 Å². The third-order valence-corrected chi connectivity index (χ3v) is 2.80. The average molecular weight is 209 g/mol. The summed E-state index contributed by atoms with van der Waals surface area (Å²) in [7, 11) is 0. The standard InChI is InChI=1S/C15H15N/c1-3-11-16-12(2)14-10-6-8-13-7-4-5-9-15(13)14/h1,4-10,12,16H,11H2,2H3. The second-order valence-corrected chi connectivity index (χ2v) is 3.88. The summed E-state index contributed by atoms with van der Waals surface area (Å²) in [6.45, 7) is 2.74. The molecule has 1 heteroatoms. The quantitative estimate of drug-likeness (QED) is 0.766. The van der Waals surface area contributed by atoms with Crippen molar-refractivity contribution in [2.45, 2.75) is 13.0 Å². The Labute approximate surface area is 96.5 Å². The van der Waals surface area contributed by atoms with E-state index in [1.165, 1.54) is 16.3 Å². The lowest BCUT2D eigenvalue weighted by Gasteiger charge is -2.14. The minimum absolute atomic E-state index is 0.280. The largest absolute Gasteiger partial charge is 0.300 e. The van der Waals surface area contributed by atoms with Gasteiger partial charge in [0.15, 0.2) is 0 Å². The van der Waals surface area contributed by atoms with Crippen molar-refractivity contribution in [3.8, 4) is 12.3 Å². The van der Waals surface area contributed by atoms with Crippen LogP contribution in [0.5, 0.6) is 0 Å². The highest BCUT2D eigenvalue weighted by Gasteiger charge is 2.07. The molecule has 0 aliphatic rings. The van der Waals surface area contributed by atoms with Gasteiger partial charge in [0.05, 0.1) is 6.54 Å².